The molecule has 1 aromatic rings. The van der Waals surface area contributed by atoms with Gasteiger partial charge in [-0.05, 0) is 26.0 Å². The van der Waals surface area contributed by atoms with E-state index in [1.165, 1.54) is 12.1 Å². The van der Waals surface area contributed by atoms with Crippen molar-refractivity contribution in [3.8, 4) is 0 Å². The van der Waals surface area contributed by atoms with Crippen LogP contribution in [0.25, 0.3) is 0 Å². The number of hydrogen-bond acceptors (Lipinski definition) is 1. The minimum absolute atomic E-state index is 0.189. The van der Waals surface area contributed by atoms with Crippen LogP contribution in [-0.4, -0.2) is 18.1 Å². The zero-order chi connectivity index (χ0) is 14.9. The Kier molecular flexibility index (Phi) is 4.49. The predicted octanol–water partition coefficient (Wildman–Crippen LogP) is 5.22. The molecule has 1 aromatic carbocycles. The third-order valence-electron chi connectivity index (χ3n) is 2.80. The van der Waals surface area contributed by atoms with E-state index in [0.29, 0.717) is 16.7 Å². The van der Waals surface area contributed by atoms with Gasteiger partial charge in [0.05, 0.1) is 0 Å². The lowest BCUT2D eigenvalue weighted by Gasteiger charge is -2.33. The van der Waals surface area contributed by atoms with Gasteiger partial charge in [-0.1, -0.05) is 17.7 Å². The van der Waals surface area contributed by atoms with Crippen molar-refractivity contribution >= 4 is 11.8 Å². The highest BCUT2D eigenvalue weighted by molar-refractivity contribution is 7.99. The second-order valence-corrected chi connectivity index (χ2v) is 5.48. The van der Waals surface area contributed by atoms with Gasteiger partial charge in [0.2, 0.25) is 0 Å². The summed E-state index contributed by atoms with van der Waals surface area (Å²) in [6.45, 7) is 1.97. The molecule has 0 saturated heterocycles. The molecule has 0 aliphatic carbocycles. The summed E-state index contributed by atoms with van der Waals surface area (Å²) in [4.78, 5) is 0.380. The molecule has 0 radical (unpaired) electrons. The molecule has 0 amide bonds. The molecule has 1 rings (SSSR count). The number of benzene rings is 1. The van der Waals surface area contributed by atoms with Gasteiger partial charge in [0, 0.05) is 10.6 Å². The van der Waals surface area contributed by atoms with Crippen molar-refractivity contribution in [2.24, 2.45) is 5.41 Å². The molecule has 0 heterocycles. The molecular formula is C12H12F6S. The van der Waals surface area contributed by atoms with E-state index in [2.05, 4.69) is 0 Å². The van der Waals surface area contributed by atoms with Gasteiger partial charge in [0.1, 0.15) is 0 Å². The van der Waals surface area contributed by atoms with E-state index in [1.807, 2.05) is 0 Å². The lowest BCUT2D eigenvalue weighted by Crippen LogP contribution is -2.49. The van der Waals surface area contributed by atoms with Crippen molar-refractivity contribution in [2.75, 3.05) is 5.75 Å². The van der Waals surface area contributed by atoms with Gasteiger partial charge in [0.25, 0.3) is 0 Å². The summed E-state index contributed by atoms with van der Waals surface area (Å²) in [6.07, 6.45) is -10.7. The largest absolute Gasteiger partial charge is 0.403 e. The monoisotopic (exact) mass is 302 g/mol. The first-order valence-corrected chi connectivity index (χ1v) is 6.29. The topological polar surface area (TPSA) is 0 Å². The highest BCUT2D eigenvalue weighted by atomic mass is 32.2. The molecule has 19 heavy (non-hydrogen) atoms. The highest BCUT2D eigenvalue weighted by Gasteiger charge is 2.67. The highest BCUT2D eigenvalue weighted by Crippen LogP contribution is 2.52. The average Bonchev–Trinajstić information content (AvgIpc) is 2.24. The maximum Gasteiger partial charge on any atom is 0.403 e. The van der Waals surface area contributed by atoms with Crippen molar-refractivity contribution < 1.29 is 26.3 Å². The fourth-order valence-electron chi connectivity index (χ4n) is 1.19. The molecule has 0 aromatic heterocycles. The smallest absolute Gasteiger partial charge is 0.170 e. The zero-order valence-corrected chi connectivity index (χ0v) is 11.0. The number of hydrogen-bond donors (Lipinski definition) is 0. The normalized spacial score (nSPS) is 13.7. The van der Waals surface area contributed by atoms with Crippen molar-refractivity contribution in [1.82, 2.24) is 0 Å². The van der Waals surface area contributed by atoms with Crippen LogP contribution in [0.4, 0.5) is 26.3 Å². The van der Waals surface area contributed by atoms with Crippen molar-refractivity contribution in [1.29, 1.82) is 0 Å². The van der Waals surface area contributed by atoms with Crippen LogP contribution in [0.2, 0.25) is 0 Å². The van der Waals surface area contributed by atoms with E-state index < -0.39 is 23.5 Å². The van der Waals surface area contributed by atoms with Crippen LogP contribution in [0.15, 0.2) is 29.2 Å². The summed E-state index contributed by atoms with van der Waals surface area (Å²) in [5.74, 6) is -1.09. The van der Waals surface area contributed by atoms with E-state index in [9.17, 15) is 26.3 Å². The molecule has 0 spiro atoms. The Balaban J connectivity index is 2.89. The fraction of sp³-hybridized carbons (Fsp3) is 0.500. The standard InChI is InChI=1S/C12H12F6S/c1-8-3-5-9(6-4-8)19-7-10(2,11(13,14)15)12(16,17)18/h3-6H,7H2,1-2H3. The third-order valence-corrected chi connectivity index (χ3v) is 4.13. The molecular weight excluding hydrogens is 290 g/mol. The Morgan fingerprint density at radius 1 is 0.895 bits per heavy atom. The van der Waals surface area contributed by atoms with E-state index in [0.717, 1.165) is 5.56 Å². The Labute approximate surface area is 111 Å². The van der Waals surface area contributed by atoms with Crippen LogP contribution in [-0.2, 0) is 0 Å². The van der Waals surface area contributed by atoms with E-state index in [-0.39, 0.29) is 6.92 Å². The molecule has 0 unspecified atom stereocenters. The van der Waals surface area contributed by atoms with Gasteiger partial charge >= 0.3 is 12.4 Å². The number of halogens is 6. The molecule has 0 bridgehead atoms. The van der Waals surface area contributed by atoms with Gasteiger partial charge in [-0.2, -0.15) is 26.3 Å². The fourth-order valence-corrected chi connectivity index (χ4v) is 2.30. The van der Waals surface area contributed by atoms with Crippen molar-refractivity contribution in [3.63, 3.8) is 0 Å². The van der Waals surface area contributed by atoms with E-state index in [1.54, 1.807) is 19.1 Å². The molecule has 108 valence electrons. The minimum Gasteiger partial charge on any atom is -0.170 e. The minimum atomic E-state index is -5.33. The van der Waals surface area contributed by atoms with Crippen molar-refractivity contribution in [2.45, 2.75) is 31.1 Å². The Morgan fingerprint density at radius 3 is 1.68 bits per heavy atom. The second-order valence-electron chi connectivity index (χ2n) is 4.43. The Morgan fingerprint density at radius 2 is 1.32 bits per heavy atom. The Hall–Kier alpha value is -0.850. The van der Waals surface area contributed by atoms with Crippen LogP contribution in [0.3, 0.4) is 0 Å². The number of aryl methyl sites for hydroxylation is 1. The van der Waals surface area contributed by atoms with Crippen LogP contribution in [0, 0.1) is 12.3 Å². The summed E-state index contributed by atoms with van der Waals surface area (Å²) in [6, 6.07) is 6.29. The summed E-state index contributed by atoms with van der Waals surface area (Å²) in [7, 11) is 0. The first-order chi connectivity index (χ1) is 8.47. The SMILES string of the molecule is Cc1ccc(SCC(C)(C(F)(F)F)C(F)(F)F)cc1. The molecule has 0 saturated carbocycles. The molecule has 0 aliphatic heterocycles. The maximum atomic E-state index is 12.6. The van der Waals surface area contributed by atoms with Gasteiger partial charge in [0.15, 0.2) is 5.41 Å². The predicted molar refractivity (Wildman–Crippen MR) is 62.1 cm³/mol. The molecule has 0 atom stereocenters. The van der Waals surface area contributed by atoms with Gasteiger partial charge < -0.3 is 0 Å². The first kappa shape index (κ1) is 16.2. The summed E-state index contributed by atoms with van der Waals surface area (Å²) < 4.78 is 75.8. The van der Waals surface area contributed by atoms with E-state index in [4.69, 9.17) is 0 Å². The molecule has 7 heteroatoms. The van der Waals surface area contributed by atoms with E-state index >= 15 is 0 Å². The lowest BCUT2D eigenvalue weighted by molar-refractivity contribution is -0.325. The third kappa shape index (κ3) is 3.58. The van der Waals surface area contributed by atoms with Gasteiger partial charge in [-0.15, -0.1) is 11.8 Å². The number of rotatable bonds is 3. The van der Waals surface area contributed by atoms with Crippen LogP contribution < -0.4 is 0 Å². The average molecular weight is 302 g/mol. The molecule has 0 N–H and O–H groups in total. The summed E-state index contributed by atoms with van der Waals surface area (Å²) in [5.41, 5.74) is -2.83. The lowest BCUT2D eigenvalue weighted by atomic mass is 9.92. The van der Waals surface area contributed by atoms with Crippen molar-refractivity contribution in [3.05, 3.63) is 29.8 Å². The molecule has 0 fully saturated rings. The Bertz CT molecular complexity index is 403. The maximum absolute atomic E-state index is 12.6. The quantitative estimate of drug-likeness (QED) is 0.545. The zero-order valence-electron chi connectivity index (χ0n) is 10.2. The first-order valence-electron chi connectivity index (χ1n) is 5.30. The second kappa shape index (κ2) is 5.26. The van der Waals surface area contributed by atoms with Gasteiger partial charge in [-0.3, -0.25) is 0 Å². The van der Waals surface area contributed by atoms with Gasteiger partial charge in [-0.25, -0.2) is 0 Å². The number of alkyl halides is 6. The molecule has 0 nitrogen and oxygen atoms in total. The number of thioether (sulfide) groups is 1. The van der Waals surface area contributed by atoms with Crippen LogP contribution in [0.1, 0.15) is 12.5 Å². The van der Waals surface area contributed by atoms with Crippen LogP contribution >= 0.6 is 11.8 Å². The summed E-state index contributed by atoms with van der Waals surface area (Å²) >= 11 is 0.550. The van der Waals surface area contributed by atoms with Crippen LogP contribution in [0.5, 0.6) is 0 Å². The molecule has 0 aliphatic rings. The summed E-state index contributed by atoms with van der Waals surface area (Å²) in [5, 5.41) is 0.